The van der Waals surface area contributed by atoms with Crippen molar-refractivity contribution in [3.8, 4) is 0 Å². The van der Waals surface area contributed by atoms with Crippen LogP contribution in [0.1, 0.15) is 38.1 Å². The van der Waals surface area contributed by atoms with Crippen LogP contribution in [0.2, 0.25) is 0 Å². The molecule has 4 nitrogen and oxygen atoms in total. The fourth-order valence-corrected chi connectivity index (χ4v) is 6.02. The van der Waals surface area contributed by atoms with Crippen LogP contribution >= 0.6 is 23.1 Å². The number of aromatic amines is 1. The molecule has 2 aromatic carbocycles. The second kappa shape index (κ2) is 6.32. The summed E-state index contributed by atoms with van der Waals surface area (Å²) in [4.78, 5) is 17.0. The Morgan fingerprint density at radius 2 is 1.81 bits per heavy atom. The van der Waals surface area contributed by atoms with Crippen LogP contribution in [0, 0.1) is 13.8 Å². The highest BCUT2D eigenvalue weighted by molar-refractivity contribution is 8.02. The van der Waals surface area contributed by atoms with E-state index in [0.717, 1.165) is 37.1 Å². The minimum Gasteiger partial charge on any atom is -0.357 e. The third kappa shape index (κ3) is 2.71. The number of carbonyl (C=O) groups excluding carboxylic acids is 1. The molecule has 2 unspecified atom stereocenters. The number of benzene rings is 2. The standard InChI is InChI=1S/C21H17N3OS2/c1-11-7-9-13(10-8-11)16-18-17(14-5-3-4-6-15(14)22-18)19(25)20(16)27-21-24-23-12(2)26-21/h3-10,16,20,22H,1-2H3. The van der Waals surface area contributed by atoms with Crippen LogP contribution in [-0.4, -0.2) is 26.2 Å². The quantitative estimate of drug-likeness (QED) is 0.526. The van der Waals surface area contributed by atoms with E-state index in [4.69, 9.17) is 0 Å². The summed E-state index contributed by atoms with van der Waals surface area (Å²) in [5.41, 5.74) is 5.23. The number of hydrogen-bond acceptors (Lipinski definition) is 5. The number of aryl methyl sites for hydroxylation is 2. The van der Waals surface area contributed by atoms with Gasteiger partial charge in [-0.3, -0.25) is 4.79 Å². The van der Waals surface area contributed by atoms with Crippen LogP contribution < -0.4 is 0 Å². The second-order valence-corrected chi connectivity index (χ2v) is 9.41. The number of hydrogen-bond donors (Lipinski definition) is 1. The van der Waals surface area contributed by atoms with Crippen molar-refractivity contribution >= 4 is 39.8 Å². The lowest BCUT2D eigenvalue weighted by Crippen LogP contribution is -2.18. The van der Waals surface area contributed by atoms with Gasteiger partial charge in [-0.25, -0.2) is 0 Å². The molecule has 0 amide bonds. The predicted molar refractivity (Wildman–Crippen MR) is 110 cm³/mol. The summed E-state index contributed by atoms with van der Waals surface area (Å²) < 4.78 is 0.845. The summed E-state index contributed by atoms with van der Waals surface area (Å²) in [5.74, 6) is 0.153. The average molecular weight is 392 g/mol. The summed E-state index contributed by atoms with van der Waals surface area (Å²) in [5, 5.41) is 10.0. The Kier molecular flexibility index (Phi) is 3.91. The maximum atomic E-state index is 13.4. The van der Waals surface area contributed by atoms with Crippen LogP contribution in [-0.2, 0) is 0 Å². The number of H-pyrrole nitrogens is 1. The molecule has 2 atom stereocenters. The lowest BCUT2D eigenvalue weighted by atomic mass is 9.95. The van der Waals surface area contributed by atoms with Gasteiger partial charge in [0.2, 0.25) is 0 Å². The number of ketones is 1. The molecule has 5 rings (SSSR count). The van der Waals surface area contributed by atoms with Crippen LogP contribution in [0.15, 0.2) is 52.9 Å². The Morgan fingerprint density at radius 3 is 2.56 bits per heavy atom. The van der Waals surface area contributed by atoms with E-state index in [1.165, 1.54) is 28.7 Å². The minimum atomic E-state index is -0.231. The van der Waals surface area contributed by atoms with Crippen molar-refractivity contribution in [2.45, 2.75) is 29.4 Å². The van der Waals surface area contributed by atoms with Crippen molar-refractivity contribution in [2.75, 3.05) is 0 Å². The molecule has 6 heteroatoms. The van der Waals surface area contributed by atoms with Gasteiger partial charge in [-0.1, -0.05) is 71.1 Å². The highest BCUT2D eigenvalue weighted by Gasteiger charge is 2.44. The Bertz CT molecular complexity index is 1160. The van der Waals surface area contributed by atoms with Crippen LogP contribution in [0.5, 0.6) is 0 Å². The smallest absolute Gasteiger partial charge is 0.179 e. The fraction of sp³-hybridized carbons (Fsp3) is 0.190. The Balaban J connectivity index is 1.66. The lowest BCUT2D eigenvalue weighted by molar-refractivity contribution is 0.0999. The van der Waals surface area contributed by atoms with E-state index in [1.54, 1.807) is 0 Å². The molecule has 0 radical (unpaired) electrons. The lowest BCUT2D eigenvalue weighted by Gasteiger charge is -2.18. The number of aromatic nitrogens is 3. The van der Waals surface area contributed by atoms with Crippen LogP contribution in [0.3, 0.4) is 0 Å². The second-order valence-electron chi connectivity index (χ2n) is 6.84. The minimum absolute atomic E-state index is 0.0188. The first-order chi connectivity index (χ1) is 13.1. The zero-order valence-corrected chi connectivity index (χ0v) is 16.5. The largest absolute Gasteiger partial charge is 0.357 e. The summed E-state index contributed by atoms with van der Waals surface area (Å²) >= 11 is 3.07. The maximum Gasteiger partial charge on any atom is 0.179 e. The Hall–Kier alpha value is -2.44. The van der Waals surface area contributed by atoms with Crippen LogP contribution in [0.25, 0.3) is 10.9 Å². The van der Waals surface area contributed by atoms with Crippen molar-refractivity contribution in [3.05, 3.63) is 75.9 Å². The predicted octanol–water partition coefficient (Wildman–Crippen LogP) is 5.13. The maximum absolute atomic E-state index is 13.4. The van der Waals surface area contributed by atoms with Crippen molar-refractivity contribution in [2.24, 2.45) is 0 Å². The third-order valence-electron chi connectivity index (χ3n) is 5.03. The SMILES string of the molecule is Cc1ccc(C2c3[nH]c4ccccc4c3C(=O)C2Sc2nnc(C)s2)cc1. The number of nitrogens with zero attached hydrogens (tertiary/aromatic N) is 2. The molecular weight excluding hydrogens is 374 g/mol. The normalized spacial score (nSPS) is 19.0. The van der Waals surface area contributed by atoms with Gasteiger partial charge in [-0.2, -0.15) is 0 Å². The molecule has 0 spiro atoms. The summed E-state index contributed by atoms with van der Waals surface area (Å²) in [6.07, 6.45) is 0. The monoisotopic (exact) mass is 391 g/mol. The number of thioether (sulfide) groups is 1. The van der Waals surface area contributed by atoms with Crippen molar-refractivity contribution in [1.29, 1.82) is 0 Å². The first-order valence-corrected chi connectivity index (χ1v) is 10.5. The van der Waals surface area contributed by atoms with Crippen molar-refractivity contribution < 1.29 is 4.79 Å². The van der Waals surface area contributed by atoms with Crippen molar-refractivity contribution in [1.82, 2.24) is 15.2 Å². The highest BCUT2D eigenvalue weighted by Crippen LogP contribution is 2.48. The third-order valence-corrected chi connectivity index (χ3v) is 7.22. The van der Waals surface area contributed by atoms with Crippen LogP contribution in [0.4, 0.5) is 0 Å². The molecule has 0 aliphatic heterocycles. The number of carbonyl (C=O) groups is 1. The van der Waals surface area contributed by atoms with Gasteiger partial charge < -0.3 is 4.98 Å². The zero-order chi connectivity index (χ0) is 18.5. The topological polar surface area (TPSA) is 58.6 Å². The van der Waals surface area contributed by atoms with Crippen molar-refractivity contribution in [3.63, 3.8) is 0 Å². The molecule has 0 saturated heterocycles. The molecule has 0 fully saturated rings. The molecule has 1 N–H and O–H groups in total. The number of nitrogens with one attached hydrogen (secondary N) is 1. The van der Waals surface area contributed by atoms with Gasteiger partial charge in [-0.15, -0.1) is 10.2 Å². The highest BCUT2D eigenvalue weighted by atomic mass is 32.2. The molecular formula is C21H17N3OS2. The van der Waals surface area contributed by atoms with E-state index in [-0.39, 0.29) is 17.0 Å². The molecule has 134 valence electrons. The average Bonchev–Trinajstić information content (AvgIpc) is 3.31. The molecule has 2 aromatic heterocycles. The summed E-state index contributed by atoms with van der Waals surface area (Å²) in [7, 11) is 0. The number of para-hydroxylation sites is 1. The van der Waals surface area contributed by atoms with Gasteiger partial charge in [-0.05, 0) is 25.5 Å². The molecule has 0 bridgehead atoms. The zero-order valence-electron chi connectivity index (χ0n) is 14.9. The fourth-order valence-electron chi connectivity index (χ4n) is 3.78. The molecule has 2 heterocycles. The van der Waals surface area contributed by atoms with Gasteiger partial charge in [0.1, 0.15) is 5.01 Å². The van der Waals surface area contributed by atoms with E-state index >= 15 is 0 Å². The Labute approximate surface area is 165 Å². The molecule has 1 aliphatic rings. The summed E-state index contributed by atoms with van der Waals surface area (Å²) in [6, 6.07) is 16.5. The van der Waals surface area contributed by atoms with E-state index in [0.29, 0.717) is 0 Å². The van der Waals surface area contributed by atoms with Gasteiger partial charge in [0.05, 0.1) is 5.25 Å². The molecule has 0 saturated carbocycles. The molecule has 4 aromatic rings. The first-order valence-electron chi connectivity index (χ1n) is 8.80. The van der Waals surface area contributed by atoms with Gasteiger partial charge >= 0.3 is 0 Å². The summed E-state index contributed by atoms with van der Waals surface area (Å²) in [6.45, 7) is 4.01. The van der Waals surface area contributed by atoms with Gasteiger partial charge in [0.15, 0.2) is 10.1 Å². The Morgan fingerprint density at radius 1 is 1.04 bits per heavy atom. The van der Waals surface area contributed by atoms with E-state index < -0.39 is 0 Å². The molecule has 27 heavy (non-hydrogen) atoms. The first kappa shape index (κ1) is 16.7. The van der Waals surface area contributed by atoms with Gasteiger partial charge in [0.25, 0.3) is 0 Å². The van der Waals surface area contributed by atoms with E-state index in [1.807, 2.05) is 31.2 Å². The molecule has 1 aliphatic carbocycles. The van der Waals surface area contributed by atoms with E-state index in [9.17, 15) is 4.79 Å². The number of Topliss-reactive ketones (excluding diaryl/α,β-unsaturated/α-hetero) is 1. The number of fused-ring (bicyclic) bond motifs is 3. The van der Waals surface area contributed by atoms with E-state index in [2.05, 4.69) is 46.4 Å². The van der Waals surface area contributed by atoms with Gasteiger partial charge in [0, 0.05) is 28.1 Å². The number of rotatable bonds is 3.